The summed E-state index contributed by atoms with van der Waals surface area (Å²) < 4.78 is 0. The lowest BCUT2D eigenvalue weighted by Gasteiger charge is -2.42. The van der Waals surface area contributed by atoms with Gasteiger partial charge in [0.2, 0.25) is 5.96 Å². The summed E-state index contributed by atoms with van der Waals surface area (Å²) >= 11 is 0. The van der Waals surface area contributed by atoms with Crippen molar-refractivity contribution in [2.75, 3.05) is 24.5 Å². The van der Waals surface area contributed by atoms with Crippen LogP contribution in [0.5, 0.6) is 0 Å². The highest BCUT2D eigenvalue weighted by Crippen LogP contribution is 2.28. The second kappa shape index (κ2) is 8.25. The van der Waals surface area contributed by atoms with Gasteiger partial charge in [0.1, 0.15) is 17.8 Å². The first-order valence-electron chi connectivity index (χ1n) is 10.3. The van der Waals surface area contributed by atoms with Crippen LogP contribution in [0.25, 0.3) is 11.0 Å². The number of aliphatic hydroxyl groups is 1. The third kappa shape index (κ3) is 3.98. The molecule has 1 saturated heterocycles. The first-order chi connectivity index (χ1) is 14.1. The highest BCUT2D eigenvalue weighted by Gasteiger charge is 2.29. The normalized spacial score (nSPS) is 25.9. The van der Waals surface area contributed by atoms with Crippen LogP contribution in [0.1, 0.15) is 38.2 Å². The van der Waals surface area contributed by atoms with Crippen molar-refractivity contribution < 1.29 is 5.11 Å². The Balaban J connectivity index is 1.51. The van der Waals surface area contributed by atoms with Gasteiger partial charge in [-0.3, -0.25) is 5.32 Å². The van der Waals surface area contributed by atoms with Gasteiger partial charge in [-0.05, 0) is 45.1 Å². The Morgan fingerprint density at radius 3 is 2.83 bits per heavy atom. The molecule has 1 unspecified atom stereocenters. The molecular weight excluding hydrogens is 368 g/mol. The molecule has 1 atom stereocenters. The lowest BCUT2D eigenvalue weighted by atomic mass is 9.94. The molecule has 9 nitrogen and oxygen atoms in total. The molecule has 1 saturated carbocycles. The smallest absolute Gasteiger partial charge is 0.208 e. The average Bonchev–Trinajstić information content (AvgIpc) is 3.10. The Morgan fingerprint density at radius 2 is 2.10 bits per heavy atom. The Bertz CT molecular complexity index is 924. The van der Waals surface area contributed by atoms with E-state index in [-0.39, 0.29) is 18.2 Å². The largest absolute Gasteiger partial charge is 0.393 e. The van der Waals surface area contributed by atoms with E-state index in [0.717, 1.165) is 67.7 Å². The number of rotatable bonds is 2. The van der Waals surface area contributed by atoms with E-state index in [1.54, 1.807) is 6.33 Å². The molecule has 0 amide bonds. The van der Waals surface area contributed by atoms with Crippen LogP contribution in [-0.2, 0) is 0 Å². The molecule has 2 aromatic heterocycles. The number of fused-ring (bicyclic) bond motifs is 1. The summed E-state index contributed by atoms with van der Waals surface area (Å²) in [6.07, 6.45) is 8.67. The van der Waals surface area contributed by atoms with Gasteiger partial charge < -0.3 is 19.9 Å². The number of anilines is 1. The summed E-state index contributed by atoms with van der Waals surface area (Å²) in [6.45, 7) is 6.53. The summed E-state index contributed by atoms with van der Waals surface area (Å²) in [6, 6.07) is 0.324. The number of H-pyrrole nitrogens is 1. The Labute approximate surface area is 170 Å². The number of aliphatic imine (C=N–C) groups is 1. The zero-order valence-corrected chi connectivity index (χ0v) is 17.0. The minimum absolute atomic E-state index is 0.156. The van der Waals surface area contributed by atoms with Gasteiger partial charge in [-0.2, -0.15) is 5.26 Å². The standard InChI is InChI=1S/C20H28N8O/c1-13-9-22-18-17(13)19(25-12-24-18)27-7-8-28(14(2)10-27)20(23-11-21)26-15-3-5-16(29)6-4-15/h9,12,14-16,29H,3-8,10H2,1-2H3,(H,23,26)(H,22,24,25). The van der Waals surface area contributed by atoms with Crippen molar-refractivity contribution in [3.05, 3.63) is 18.1 Å². The van der Waals surface area contributed by atoms with E-state index >= 15 is 0 Å². The Morgan fingerprint density at radius 1 is 1.31 bits per heavy atom. The highest BCUT2D eigenvalue weighted by atomic mass is 16.3. The minimum atomic E-state index is -0.210. The number of aromatic nitrogens is 3. The highest BCUT2D eigenvalue weighted by molar-refractivity contribution is 5.90. The van der Waals surface area contributed by atoms with Crippen molar-refractivity contribution in [1.82, 2.24) is 25.2 Å². The van der Waals surface area contributed by atoms with Gasteiger partial charge in [0.15, 0.2) is 6.19 Å². The number of hydrogen-bond donors (Lipinski definition) is 3. The second-order valence-electron chi connectivity index (χ2n) is 8.03. The van der Waals surface area contributed by atoms with Crippen molar-refractivity contribution in [1.29, 1.82) is 5.26 Å². The van der Waals surface area contributed by atoms with Crippen LogP contribution in [0.15, 0.2) is 17.5 Å². The molecular formula is C20H28N8O. The van der Waals surface area contributed by atoms with E-state index in [4.69, 9.17) is 4.99 Å². The fourth-order valence-electron chi connectivity index (χ4n) is 4.39. The van der Waals surface area contributed by atoms with Crippen molar-refractivity contribution in [3.63, 3.8) is 0 Å². The summed E-state index contributed by atoms with van der Waals surface area (Å²) in [7, 11) is 0. The first kappa shape index (κ1) is 19.5. The molecule has 29 heavy (non-hydrogen) atoms. The maximum absolute atomic E-state index is 9.73. The molecule has 2 aliphatic rings. The second-order valence-corrected chi connectivity index (χ2v) is 8.03. The molecule has 154 valence electrons. The first-order valence-corrected chi connectivity index (χ1v) is 10.3. The molecule has 4 rings (SSSR count). The van der Waals surface area contributed by atoms with E-state index in [9.17, 15) is 10.4 Å². The van der Waals surface area contributed by atoms with Gasteiger partial charge in [-0.15, -0.1) is 0 Å². The van der Waals surface area contributed by atoms with E-state index in [0.29, 0.717) is 5.96 Å². The summed E-state index contributed by atoms with van der Waals surface area (Å²) in [5.41, 5.74) is 1.99. The molecule has 3 N–H and O–H groups in total. The van der Waals surface area contributed by atoms with Crippen molar-refractivity contribution in [2.45, 2.75) is 57.7 Å². The maximum Gasteiger partial charge on any atom is 0.208 e. The number of guanidine groups is 1. The fraction of sp³-hybridized carbons (Fsp3) is 0.600. The number of piperazine rings is 1. The van der Waals surface area contributed by atoms with Gasteiger partial charge in [0.25, 0.3) is 0 Å². The Hall–Kier alpha value is -2.86. The number of aromatic amines is 1. The van der Waals surface area contributed by atoms with E-state index < -0.39 is 0 Å². The number of nitrogens with zero attached hydrogens (tertiary/aromatic N) is 6. The summed E-state index contributed by atoms with van der Waals surface area (Å²) in [4.78, 5) is 21.4. The third-order valence-electron chi connectivity index (χ3n) is 5.98. The van der Waals surface area contributed by atoms with E-state index in [1.807, 2.05) is 12.4 Å². The SMILES string of the molecule is Cc1c[nH]c2ncnc(N3CCN(C(=NC4CCC(O)CC4)NC#N)C(C)C3)c12. The number of nitriles is 1. The van der Waals surface area contributed by atoms with Crippen LogP contribution in [0, 0.1) is 18.4 Å². The molecule has 1 aliphatic heterocycles. The average molecular weight is 396 g/mol. The molecule has 0 spiro atoms. The topological polar surface area (TPSA) is 116 Å². The predicted octanol–water partition coefficient (Wildman–Crippen LogP) is 1.51. The molecule has 0 radical (unpaired) electrons. The van der Waals surface area contributed by atoms with Gasteiger partial charge in [-0.25, -0.2) is 15.0 Å². The summed E-state index contributed by atoms with van der Waals surface area (Å²) in [5.74, 6) is 1.60. The van der Waals surface area contributed by atoms with Gasteiger partial charge in [0, 0.05) is 31.9 Å². The predicted molar refractivity (Wildman–Crippen MR) is 111 cm³/mol. The number of aryl methyl sites for hydroxylation is 1. The zero-order valence-electron chi connectivity index (χ0n) is 17.0. The van der Waals surface area contributed by atoms with Crippen molar-refractivity contribution in [2.24, 2.45) is 4.99 Å². The lowest BCUT2D eigenvalue weighted by Crippen LogP contribution is -2.57. The molecule has 1 aliphatic carbocycles. The van der Waals surface area contributed by atoms with E-state index in [2.05, 4.69) is 43.9 Å². The van der Waals surface area contributed by atoms with Crippen molar-refractivity contribution in [3.8, 4) is 6.19 Å². The fourth-order valence-corrected chi connectivity index (χ4v) is 4.39. The monoisotopic (exact) mass is 396 g/mol. The van der Waals surface area contributed by atoms with Gasteiger partial charge >= 0.3 is 0 Å². The van der Waals surface area contributed by atoms with E-state index in [1.165, 1.54) is 0 Å². The lowest BCUT2D eigenvalue weighted by molar-refractivity contribution is 0.123. The van der Waals surface area contributed by atoms with Crippen LogP contribution >= 0.6 is 0 Å². The molecule has 0 bridgehead atoms. The third-order valence-corrected chi connectivity index (χ3v) is 5.98. The van der Waals surface area contributed by atoms with Crippen LogP contribution < -0.4 is 10.2 Å². The number of aliphatic hydroxyl groups excluding tert-OH is 1. The molecule has 0 aromatic carbocycles. The van der Waals surface area contributed by atoms with Crippen LogP contribution in [0.2, 0.25) is 0 Å². The van der Waals surface area contributed by atoms with Crippen LogP contribution in [0.3, 0.4) is 0 Å². The molecule has 2 aromatic rings. The summed E-state index contributed by atoms with van der Waals surface area (Å²) in [5, 5.41) is 22.8. The zero-order chi connectivity index (χ0) is 20.4. The number of hydrogen-bond acceptors (Lipinski definition) is 6. The Kier molecular flexibility index (Phi) is 5.53. The van der Waals surface area contributed by atoms with Crippen molar-refractivity contribution >= 4 is 22.8 Å². The minimum Gasteiger partial charge on any atom is -0.393 e. The maximum atomic E-state index is 9.73. The van der Waals surface area contributed by atoms with Gasteiger partial charge in [-0.1, -0.05) is 0 Å². The molecule has 9 heteroatoms. The number of nitrogens with one attached hydrogen (secondary N) is 2. The quantitative estimate of drug-likeness (QED) is 0.305. The van der Waals surface area contributed by atoms with Gasteiger partial charge in [0.05, 0.1) is 17.5 Å². The van der Waals surface area contributed by atoms with Crippen LogP contribution in [0.4, 0.5) is 5.82 Å². The molecule has 2 fully saturated rings. The van der Waals surface area contributed by atoms with Crippen LogP contribution in [-0.4, -0.2) is 68.7 Å². The molecule has 3 heterocycles.